The molecule has 1 unspecified atom stereocenters. The van der Waals surface area contributed by atoms with Crippen LogP contribution in [0.4, 0.5) is 0 Å². The fraction of sp³-hybridized carbons (Fsp3) is 0.722. The molecular weight excluding hydrogens is 318 g/mol. The van der Waals surface area contributed by atoms with Gasteiger partial charge < -0.3 is 20.2 Å². The van der Waals surface area contributed by atoms with Gasteiger partial charge in [0.15, 0.2) is 5.96 Å². The molecule has 1 aromatic rings. The van der Waals surface area contributed by atoms with Gasteiger partial charge in [-0.2, -0.15) is 0 Å². The molecule has 7 nitrogen and oxygen atoms in total. The van der Waals surface area contributed by atoms with E-state index in [9.17, 15) is 0 Å². The Kier molecular flexibility index (Phi) is 7.14. The summed E-state index contributed by atoms with van der Waals surface area (Å²) in [4.78, 5) is 9.43. The third kappa shape index (κ3) is 5.73. The van der Waals surface area contributed by atoms with Crippen molar-refractivity contribution in [2.45, 2.75) is 25.3 Å². The van der Waals surface area contributed by atoms with Crippen LogP contribution >= 0.6 is 0 Å². The van der Waals surface area contributed by atoms with Gasteiger partial charge in [-0.15, -0.1) is 0 Å². The van der Waals surface area contributed by atoms with Crippen LogP contribution < -0.4 is 11.1 Å². The van der Waals surface area contributed by atoms with E-state index < -0.39 is 0 Å². The lowest BCUT2D eigenvalue weighted by atomic mass is 10.2. The highest BCUT2D eigenvalue weighted by Crippen LogP contribution is 2.25. The fourth-order valence-corrected chi connectivity index (χ4v) is 3.50. The smallest absolute Gasteiger partial charge is 0.188 e. The van der Waals surface area contributed by atoms with Gasteiger partial charge in [-0.3, -0.25) is 14.8 Å². The molecule has 3 heterocycles. The molecule has 3 rings (SSSR count). The van der Waals surface area contributed by atoms with Crippen molar-refractivity contribution in [3.8, 4) is 0 Å². The SMILES string of the molecule is NC(=NCC(c1ccco1)N1CCCC1)NCCCN1CCOCC1. The summed E-state index contributed by atoms with van der Waals surface area (Å²) in [6, 6.07) is 4.16. The Morgan fingerprint density at radius 1 is 1.24 bits per heavy atom. The normalized spacial score (nSPS) is 21.5. The maximum Gasteiger partial charge on any atom is 0.188 e. The van der Waals surface area contributed by atoms with E-state index in [0.29, 0.717) is 12.5 Å². The molecule has 140 valence electrons. The minimum Gasteiger partial charge on any atom is -0.468 e. The minimum absolute atomic E-state index is 0.186. The lowest BCUT2D eigenvalue weighted by molar-refractivity contribution is 0.0376. The lowest BCUT2D eigenvalue weighted by Crippen LogP contribution is -2.39. The molecule has 0 saturated carbocycles. The molecule has 2 saturated heterocycles. The van der Waals surface area contributed by atoms with Gasteiger partial charge in [0.2, 0.25) is 0 Å². The number of guanidine groups is 1. The predicted octanol–water partition coefficient (Wildman–Crippen LogP) is 1.04. The standard InChI is InChI=1S/C18H31N5O2/c19-18(20-6-4-7-22-10-13-24-14-11-22)21-15-16(17-5-3-12-25-17)23-8-1-2-9-23/h3,5,12,16H,1-2,4,6-11,13-15H2,(H3,19,20,21). The summed E-state index contributed by atoms with van der Waals surface area (Å²) >= 11 is 0. The summed E-state index contributed by atoms with van der Waals surface area (Å²) in [5.41, 5.74) is 6.05. The van der Waals surface area contributed by atoms with Crippen LogP contribution in [0.25, 0.3) is 0 Å². The molecule has 2 aliphatic heterocycles. The van der Waals surface area contributed by atoms with E-state index in [4.69, 9.17) is 14.9 Å². The van der Waals surface area contributed by atoms with Crippen LogP contribution in [-0.2, 0) is 4.74 Å². The molecule has 2 fully saturated rings. The van der Waals surface area contributed by atoms with Crippen LogP contribution in [-0.4, -0.2) is 74.8 Å². The highest BCUT2D eigenvalue weighted by atomic mass is 16.5. The van der Waals surface area contributed by atoms with Gasteiger partial charge in [-0.1, -0.05) is 0 Å². The molecule has 0 aromatic carbocycles. The summed E-state index contributed by atoms with van der Waals surface area (Å²) in [5, 5.41) is 3.23. The largest absolute Gasteiger partial charge is 0.468 e. The molecule has 0 amide bonds. The van der Waals surface area contributed by atoms with Gasteiger partial charge >= 0.3 is 0 Å². The summed E-state index contributed by atoms with van der Waals surface area (Å²) in [7, 11) is 0. The molecule has 7 heteroatoms. The first kappa shape index (κ1) is 18.2. The quantitative estimate of drug-likeness (QED) is 0.415. The number of furan rings is 1. The predicted molar refractivity (Wildman–Crippen MR) is 98.6 cm³/mol. The zero-order valence-electron chi connectivity index (χ0n) is 15.0. The van der Waals surface area contributed by atoms with E-state index in [0.717, 1.165) is 64.7 Å². The van der Waals surface area contributed by atoms with Gasteiger partial charge in [0.05, 0.1) is 32.1 Å². The maximum absolute atomic E-state index is 6.05. The van der Waals surface area contributed by atoms with E-state index in [1.165, 1.54) is 12.8 Å². The van der Waals surface area contributed by atoms with Crippen LogP contribution in [0.15, 0.2) is 27.8 Å². The Bertz CT molecular complexity index is 508. The first-order valence-electron chi connectivity index (χ1n) is 9.44. The van der Waals surface area contributed by atoms with Crippen molar-refractivity contribution in [3.63, 3.8) is 0 Å². The highest BCUT2D eigenvalue weighted by molar-refractivity contribution is 5.77. The third-order valence-electron chi connectivity index (χ3n) is 4.95. The van der Waals surface area contributed by atoms with Gasteiger partial charge in [0.1, 0.15) is 5.76 Å². The van der Waals surface area contributed by atoms with Crippen LogP contribution in [0, 0.1) is 0 Å². The number of likely N-dealkylation sites (tertiary alicyclic amines) is 1. The molecular formula is C18H31N5O2. The monoisotopic (exact) mass is 349 g/mol. The highest BCUT2D eigenvalue weighted by Gasteiger charge is 2.25. The minimum atomic E-state index is 0.186. The van der Waals surface area contributed by atoms with Crippen molar-refractivity contribution in [2.75, 3.05) is 59.0 Å². The summed E-state index contributed by atoms with van der Waals surface area (Å²) in [5.74, 6) is 1.50. The first-order valence-corrected chi connectivity index (χ1v) is 9.44. The second kappa shape index (κ2) is 9.79. The third-order valence-corrected chi connectivity index (χ3v) is 4.95. The van der Waals surface area contributed by atoms with Crippen molar-refractivity contribution >= 4 is 5.96 Å². The van der Waals surface area contributed by atoms with Crippen LogP contribution in [0.2, 0.25) is 0 Å². The molecule has 25 heavy (non-hydrogen) atoms. The van der Waals surface area contributed by atoms with Gasteiger partial charge in [-0.05, 0) is 51.0 Å². The molecule has 0 spiro atoms. The van der Waals surface area contributed by atoms with Crippen molar-refractivity contribution < 1.29 is 9.15 Å². The second-order valence-electron chi connectivity index (χ2n) is 6.73. The topological polar surface area (TPSA) is 79.3 Å². The van der Waals surface area contributed by atoms with Gasteiger partial charge in [0, 0.05) is 19.6 Å². The molecule has 0 bridgehead atoms. The maximum atomic E-state index is 6.05. The van der Waals surface area contributed by atoms with Crippen molar-refractivity contribution in [1.82, 2.24) is 15.1 Å². The summed E-state index contributed by atoms with van der Waals surface area (Å²) in [6.07, 6.45) is 5.28. The van der Waals surface area contributed by atoms with Crippen LogP contribution in [0.1, 0.15) is 31.1 Å². The van der Waals surface area contributed by atoms with E-state index in [1.807, 2.05) is 12.1 Å². The molecule has 0 radical (unpaired) electrons. The van der Waals surface area contributed by atoms with E-state index in [-0.39, 0.29) is 6.04 Å². The number of morpholine rings is 1. The lowest BCUT2D eigenvalue weighted by Gasteiger charge is -2.26. The van der Waals surface area contributed by atoms with E-state index in [1.54, 1.807) is 6.26 Å². The molecule has 1 aromatic heterocycles. The molecule has 2 aliphatic rings. The Labute approximate surface area is 150 Å². The number of hydrogen-bond acceptors (Lipinski definition) is 5. The first-order chi connectivity index (χ1) is 12.3. The number of aliphatic imine (C=N–C) groups is 1. The Hall–Kier alpha value is -1.57. The Balaban J connectivity index is 1.40. The number of hydrogen-bond donors (Lipinski definition) is 2. The number of nitrogens with one attached hydrogen (secondary N) is 1. The van der Waals surface area contributed by atoms with Gasteiger partial charge in [-0.25, -0.2) is 0 Å². The molecule has 0 aliphatic carbocycles. The zero-order valence-corrected chi connectivity index (χ0v) is 15.0. The van der Waals surface area contributed by atoms with Crippen molar-refractivity contribution in [2.24, 2.45) is 10.7 Å². The average Bonchev–Trinajstić information content (AvgIpc) is 3.34. The van der Waals surface area contributed by atoms with Crippen molar-refractivity contribution in [1.29, 1.82) is 0 Å². The number of nitrogens with zero attached hydrogens (tertiary/aromatic N) is 3. The zero-order chi connectivity index (χ0) is 17.3. The number of nitrogens with two attached hydrogens (primary N) is 1. The second-order valence-corrected chi connectivity index (χ2v) is 6.73. The van der Waals surface area contributed by atoms with Crippen LogP contribution in [0.3, 0.4) is 0 Å². The Morgan fingerprint density at radius 3 is 2.76 bits per heavy atom. The van der Waals surface area contributed by atoms with Crippen molar-refractivity contribution in [3.05, 3.63) is 24.2 Å². The molecule has 1 atom stereocenters. The van der Waals surface area contributed by atoms with Gasteiger partial charge in [0.25, 0.3) is 0 Å². The summed E-state index contributed by atoms with van der Waals surface area (Å²) in [6.45, 7) is 8.53. The van der Waals surface area contributed by atoms with E-state index >= 15 is 0 Å². The Morgan fingerprint density at radius 2 is 2.04 bits per heavy atom. The number of ether oxygens (including phenoxy) is 1. The number of rotatable bonds is 8. The fourth-order valence-electron chi connectivity index (χ4n) is 3.50. The van der Waals surface area contributed by atoms with Crippen LogP contribution in [0.5, 0.6) is 0 Å². The van der Waals surface area contributed by atoms with E-state index in [2.05, 4.69) is 20.1 Å². The molecule has 3 N–H and O–H groups in total. The summed E-state index contributed by atoms with van der Waals surface area (Å²) < 4.78 is 11.0. The average molecular weight is 349 g/mol.